The summed E-state index contributed by atoms with van der Waals surface area (Å²) in [5, 5.41) is 1.60. The minimum absolute atomic E-state index is 0.105. The molecule has 30 heavy (non-hydrogen) atoms. The summed E-state index contributed by atoms with van der Waals surface area (Å²) in [5.41, 5.74) is 2.05. The third-order valence-corrected chi connectivity index (χ3v) is 12.0. The summed E-state index contributed by atoms with van der Waals surface area (Å²) in [5.74, 6) is 0. The van der Waals surface area contributed by atoms with Crippen LogP contribution in [0.3, 0.4) is 0 Å². The summed E-state index contributed by atoms with van der Waals surface area (Å²) in [6.07, 6.45) is 1.00. The van der Waals surface area contributed by atoms with Crippen molar-refractivity contribution in [2.24, 2.45) is 0 Å². The van der Waals surface area contributed by atoms with E-state index in [0.29, 0.717) is 6.04 Å². The summed E-state index contributed by atoms with van der Waals surface area (Å²) in [6, 6.07) is 17.0. The van der Waals surface area contributed by atoms with Gasteiger partial charge in [-0.05, 0) is 66.9 Å². The van der Waals surface area contributed by atoms with E-state index in [2.05, 4.69) is 76.9 Å². The molecule has 5 heteroatoms. The normalized spacial score (nSPS) is 22.4. The second-order valence-electron chi connectivity index (χ2n) is 10.2. The van der Waals surface area contributed by atoms with E-state index < -0.39 is 8.32 Å². The summed E-state index contributed by atoms with van der Waals surface area (Å²) < 4.78 is 7.19. The first-order valence-electron chi connectivity index (χ1n) is 10.9. The van der Waals surface area contributed by atoms with Gasteiger partial charge in [0.1, 0.15) is 0 Å². The topological polar surface area (TPSA) is 12.2 Å². The monoisotopic (exact) mass is 463 g/mol. The highest BCUT2D eigenvalue weighted by Gasteiger charge is 2.54. The van der Waals surface area contributed by atoms with Gasteiger partial charge in [0.25, 0.3) is 0 Å². The number of benzene rings is 2. The van der Waals surface area contributed by atoms with Crippen LogP contribution in [0.4, 0.5) is 0 Å². The second-order valence-corrected chi connectivity index (χ2v) is 15.8. The van der Waals surface area contributed by atoms with Crippen LogP contribution in [0, 0.1) is 0 Å². The zero-order chi connectivity index (χ0) is 22.3. The lowest BCUT2D eigenvalue weighted by molar-refractivity contribution is 0.0320. The highest BCUT2D eigenvalue weighted by molar-refractivity contribution is 6.74. The summed E-state index contributed by atoms with van der Waals surface area (Å²) in [4.78, 5) is 2.58. The lowest BCUT2D eigenvalue weighted by Gasteiger charge is -2.47. The molecule has 0 aromatic heterocycles. The molecule has 0 N–H and O–H groups in total. The van der Waals surface area contributed by atoms with Crippen molar-refractivity contribution >= 4 is 31.5 Å². The number of nitrogens with zero attached hydrogens (tertiary/aromatic N) is 1. The maximum absolute atomic E-state index is 7.19. The molecule has 3 rings (SSSR count). The van der Waals surface area contributed by atoms with Gasteiger partial charge in [-0.3, -0.25) is 4.90 Å². The fraction of sp³-hybridized carbons (Fsp3) is 0.520. The lowest BCUT2D eigenvalue weighted by atomic mass is 9.82. The van der Waals surface area contributed by atoms with Gasteiger partial charge in [0.05, 0.1) is 11.6 Å². The fourth-order valence-corrected chi connectivity index (χ4v) is 5.63. The Kier molecular flexibility index (Phi) is 6.82. The predicted octanol–water partition coefficient (Wildman–Crippen LogP) is 8.07. The number of rotatable bonds is 7. The van der Waals surface area contributed by atoms with Crippen molar-refractivity contribution in [2.45, 2.75) is 76.9 Å². The minimum Gasteiger partial charge on any atom is -0.408 e. The smallest absolute Gasteiger partial charge is 0.193 e. The van der Waals surface area contributed by atoms with E-state index in [1.54, 1.807) is 0 Å². The Morgan fingerprint density at radius 1 is 1.03 bits per heavy atom. The van der Waals surface area contributed by atoms with Crippen molar-refractivity contribution < 1.29 is 4.43 Å². The predicted molar refractivity (Wildman–Crippen MR) is 132 cm³/mol. The summed E-state index contributed by atoms with van der Waals surface area (Å²) in [7, 11) is -2.07. The Balaban J connectivity index is 2.17. The molecule has 0 radical (unpaired) electrons. The van der Waals surface area contributed by atoms with Crippen LogP contribution in [0.2, 0.25) is 28.2 Å². The van der Waals surface area contributed by atoms with Gasteiger partial charge in [0.2, 0.25) is 0 Å². The molecule has 1 saturated heterocycles. The average molecular weight is 465 g/mol. The molecule has 1 aliphatic heterocycles. The van der Waals surface area contributed by atoms with E-state index in [-0.39, 0.29) is 16.7 Å². The quantitative estimate of drug-likeness (QED) is 0.303. The van der Waals surface area contributed by atoms with Gasteiger partial charge in [0.15, 0.2) is 8.32 Å². The van der Waals surface area contributed by atoms with Crippen molar-refractivity contribution in [2.75, 3.05) is 6.54 Å². The van der Waals surface area contributed by atoms with Crippen LogP contribution in [-0.4, -0.2) is 25.8 Å². The lowest BCUT2D eigenvalue weighted by Crippen LogP contribution is -2.49. The zero-order valence-corrected chi connectivity index (χ0v) is 21.8. The molecule has 1 heterocycles. The minimum atomic E-state index is -2.07. The Labute approximate surface area is 193 Å². The summed E-state index contributed by atoms with van der Waals surface area (Å²) in [6.45, 7) is 17.2. The maximum Gasteiger partial charge on any atom is 0.193 e. The SMILES string of the molecule is CCC1CN1[C@](C)(c1ccc(Cl)cc1)[C@H](O[Si](C)(C)C(C)(C)C)c1cccc(Cl)c1. The molecular weight excluding hydrogens is 429 g/mol. The summed E-state index contributed by atoms with van der Waals surface area (Å²) >= 11 is 12.7. The number of halogens is 2. The van der Waals surface area contributed by atoms with E-state index in [4.69, 9.17) is 27.6 Å². The molecule has 2 aromatic carbocycles. The Morgan fingerprint density at radius 2 is 1.67 bits per heavy atom. The Morgan fingerprint density at radius 3 is 2.17 bits per heavy atom. The van der Waals surface area contributed by atoms with Crippen LogP contribution in [0.15, 0.2) is 48.5 Å². The van der Waals surface area contributed by atoms with Crippen LogP contribution in [-0.2, 0) is 9.96 Å². The van der Waals surface area contributed by atoms with Gasteiger partial charge < -0.3 is 4.43 Å². The van der Waals surface area contributed by atoms with Gasteiger partial charge in [-0.25, -0.2) is 0 Å². The molecule has 0 bridgehead atoms. The highest BCUT2D eigenvalue weighted by atomic mass is 35.5. The molecule has 1 fully saturated rings. The largest absolute Gasteiger partial charge is 0.408 e. The number of hydrogen-bond donors (Lipinski definition) is 0. The van der Waals surface area contributed by atoms with Gasteiger partial charge in [0, 0.05) is 22.6 Å². The Hall–Kier alpha value is -0.843. The van der Waals surface area contributed by atoms with Gasteiger partial charge in [-0.2, -0.15) is 0 Å². The van der Waals surface area contributed by atoms with Crippen LogP contribution >= 0.6 is 23.2 Å². The molecule has 0 amide bonds. The fourth-order valence-electron chi connectivity index (χ4n) is 4.00. The molecule has 2 unspecified atom stereocenters. The number of hydrogen-bond acceptors (Lipinski definition) is 2. The first-order chi connectivity index (χ1) is 13.9. The Bertz CT molecular complexity index is 877. The zero-order valence-electron chi connectivity index (χ0n) is 19.3. The molecule has 0 spiro atoms. The average Bonchev–Trinajstić information content (AvgIpc) is 3.46. The standard InChI is InChI=1S/C25H35Cl2NOSi/c1-8-22-17-28(22)25(5,19-12-14-20(26)15-13-19)23(18-10-9-11-21(27)16-18)29-30(6,7)24(2,3)4/h9-16,22-23H,8,17H2,1-7H3/t22?,23-,25-,28?/m1/s1. The maximum atomic E-state index is 7.19. The van der Waals surface area contributed by atoms with Crippen molar-refractivity contribution in [1.29, 1.82) is 0 Å². The van der Waals surface area contributed by atoms with Crippen molar-refractivity contribution in [3.05, 3.63) is 69.7 Å². The molecule has 4 atom stereocenters. The molecule has 164 valence electrons. The van der Waals surface area contributed by atoms with Crippen LogP contribution in [0.25, 0.3) is 0 Å². The molecule has 0 aliphatic carbocycles. The third-order valence-electron chi connectivity index (χ3n) is 7.09. The van der Waals surface area contributed by atoms with Gasteiger partial charge in [-0.1, -0.05) is 75.2 Å². The molecule has 0 saturated carbocycles. The van der Waals surface area contributed by atoms with E-state index in [1.807, 2.05) is 24.3 Å². The van der Waals surface area contributed by atoms with Gasteiger partial charge >= 0.3 is 0 Å². The molecule has 2 nitrogen and oxygen atoms in total. The van der Waals surface area contributed by atoms with Crippen LogP contribution < -0.4 is 0 Å². The third kappa shape index (κ3) is 4.66. The van der Waals surface area contributed by atoms with E-state index in [0.717, 1.165) is 28.6 Å². The highest BCUT2D eigenvalue weighted by Crippen LogP contribution is 2.52. The molecule has 1 aliphatic rings. The molecule has 2 aromatic rings. The van der Waals surface area contributed by atoms with Crippen molar-refractivity contribution in [3.63, 3.8) is 0 Å². The second kappa shape index (κ2) is 8.59. The van der Waals surface area contributed by atoms with Crippen LogP contribution in [0.5, 0.6) is 0 Å². The van der Waals surface area contributed by atoms with E-state index in [1.165, 1.54) is 5.56 Å². The van der Waals surface area contributed by atoms with Gasteiger partial charge in [-0.15, -0.1) is 0 Å². The van der Waals surface area contributed by atoms with Crippen molar-refractivity contribution in [1.82, 2.24) is 4.90 Å². The van der Waals surface area contributed by atoms with E-state index in [9.17, 15) is 0 Å². The van der Waals surface area contributed by atoms with Crippen molar-refractivity contribution in [3.8, 4) is 0 Å². The molecular formula is C25H35Cl2NOSi. The first-order valence-corrected chi connectivity index (χ1v) is 14.5. The first kappa shape index (κ1) is 23.8. The van der Waals surface area contributed by atoms with E-state index >= 15 is 0 Å². The van der Waals surface area contributed by atoms with Crippen LogP contribution in [0.1, 0.15) is 58.3 Å².